The van der Waals surface area contributed by atoms with Crippen molar-refractivity contribution in [2.45, 2.75) is 33.2 Å². The van der Waals surface area contributed by atoms with Gasteiger partial charge in [-0.1, -0.05) is 0 Å². The summed E-state index contributed by atoms with van der Waals surface area (Å²) in [4.78, 5) is 44.1. The van der Waals surface area contributed by atoms with E-state index < -0.39 is 16.9 Å². The van der Waals surface area contributed by atoms with E-state index in [-0.39, 0.29) is 35.7 Å². The molecular formula is C23H27N7O6. The quantitative estimate of drug-likeness (QED) is 0.228. The highest BCUT2D eigenvalue weighted by Crippen LogP contribution is 2.39. The van der Waals surface area contributed by atoms with Gasteiger partial charge >= 0.3 is 11.8 Å². The van der Waals surface area contributed by atoms with Gasteiger partial charge in [-0.15, -0.1) is 0 Å². The molecule has 0 spiro atoms. The van der Waals surface area contributed by atoms with Gasteiger partial charge in [-0.25, -0.2) is 14.8 Å². The van der Waals surface area contributed by atoms with E-state index >= 15 is 0 Å². The Morgan fingerprint density at radius 1 is 1.22 bits per heavy atom. The summed E-state index contributed by atoms with van der Waals surface area (Å²) in [5.41, 5.74) is 7.04. The van der Waals surface area contributed by atoms with Crippen LogP contribution in [0.4, 0.5) is 10.5 Å². The van der Waals surface area contributed by atoms with Crippen LogP contribution in [0.1, 0.15) is 35.8 Å². The molecule has 0 saturated heterocycles. The highest BCUT2D eigenvalue weighted by atomic mass is 16.6. The largest absolute Gasteiger partial charge is 0.487 e. The van der Waals surface area contributed by atoms with Gasteiger partial charge in [0.15, 0.2) is 11.6 Å². The van der Waals surface area contributed by atoms with Gasteiger partial charge in [0, 0.05) is 49.7 Å². The minimum absolute atomic E-state index is 0.0278. The highest BCUT2D eigenvalue weighted by molar-refractivity contribution is 5.96. The van der Waals surface area contributed by atoms with Crippen molar-refractivity contribution < 1.29 is 24.4 Å². The van der Waals surface area contributed by atoms with Crippen LogP contribution in [0.5, 0.6) is 5.75 Å². The number of amides is 2. The zero-order valence-electron chi connectivity index (χ0n) is 20.2. The fourth-order valence-corrected chi connectivity index (χ4v) is 3.56. The molecule has 0 bridgehead atoms. The molecule has 0 unspecified atom stereocenters. The van der Waals surface area contributed by atoms with Crippen LogP contribution in [0.25, 0.3) is 22.6 Å². The number of nitro benzene ring substituents is 1. The SMILES string of the molecule is CCn1nc(C)cc1-c1ncc(-c2cc(C(N)=O)cc(OCCCCN(C)C(=O)O)c2[N+](=O)[O-])cn1. The Kier molecular flexibility index (Phi) is 8.14. The second-order valence-electron chi connectivity index (χ2n) is 8.03. The molecule has 0 saturated carbocycles. The van der Waals surface area contributed by atoms with Gasteiger partial charge in [0.05, 0.1) is 22.8 Å². The Labute approximate surface area is 206 Å². The Morgan fingerprint density at radius 3 is 2.50 bits per heavy atom. The molecule has 190 valence electrons. The standard InChI is InChI=1S/C23H27N7O6/c1-4-29-18(9-14(2)27-29)22-25-12-16(13-26-22)17-10-15(21(24)31)11-19(20(17)30(34)35)36-8-6-5-7-28(3)23(32)33/h9-13H,4-8H2,1-3H3,(H2,24,31)(H,32,33). The second kappa shape index (κ2) is 11.3. The van der Waals surface area contributed by atoms with Crippen LogP contribution in [0.2, 0.25) is 0 Å². The molecule has 3 N–H and O–H groups in total. The molecule has 13 nitrogen and oxygen atoms in total. The number of carbonyl (C=O) groups is 2. The lowest BCUT2D eigenvalue weighted by molar-refractivity contribution is -0.385. The van der Waals surface area contributed by atoms with Crippen molar-refractivity contribution in [2.24, 2.45) is 5.73 Å². The van der Waals surface area contributed by atoms with E-state index in [1.165, 1.54) is 31.6 Å². The third-order valence-corrected chi connectivity index (χ3v) is 5.41. The van der Waals surface area contributed by atoms with Crippen LogP contribution in [-0.4, -0.2) is 66.9 Å². The zero-order valence-corrected chi connectivity index (χ0v) is 20.2. The highest BCUT2D eigenvalue weighted by Gasteiger charge is 2.26. The number of primary amides is 1. The molecule has 0 fully saturated rings. The van der Waals surface area contributed by atoms with E-state index in [1.54, 1.807) is 4.68 Å². The second-order valence-corrected chi connectivity index (χ2v) is 8.03. The van der Waals surface area contributed by atoms with Crippen LogP contribution in [0, 0.1) is 17.0 Å². The van der Waals surface area contributed by atoms with Crippen molar-refractivity contribution in [1.29, 1.82) is 0 Å². The van der Waals surface area contributed by atoms with E-state index in [9.17, 15) is 19.7 Å². The molecule has 36 heavy (non-hydrogen) atoms. The van der Waals surface area contributed by atoms with Gasteiger partial charge in [-0.3, -0.25) is 19.6 Å². The minimum atomic E-state index is -1.05. The number of aromatic nitrogens is 4. The van der Waals surface area contributed by atoms with Crippen molar-refractivity contribution >= 4 is 17.7 Å². The third kappa shape index (κ3) is 5.92. The molecule has 0 atom stereocenters. The average molecular weight is 498 g/mol. The first-order valence-corrected chi connectivity index (χ1v) is 11.2. The summed E-state index contributed by atoms with van der Waals surface area (Å²) in [5, 5.41) is 25.3. The predicted octanol–water partition coefficient (Wildman–Crippen LogP) is 3.11. The van der Waals surface area contributed by atoms with Gasteiger partial charge in [0.2, 0.25) is 5.91 Å². The number of hydrogen-bond acceptors (Lipinski definition) is 8. The van der Waals surface area contributed by atoms with Crippen molar-refractivity contribution in [3.63, 3.8) is 0 Å². The van der Waals surface area contributed by atoms with Gasteiger partial charge in [0.25, 0.3) is 0 Å². The summed E-state index contributed by atoms with van der Waals surface area (Å²) < 4.78 is 7.40. The number of nitrogens with two attached hydrogens (primary N) is 1. The first-order valence-electron chi connectivity index (χ1n) is 11.2. The number of rotatable bonds is 11. The molecule has 0 aliphatic carbocycles. The summed E-state index contributed by atoms with van der Waals surface area (Å²) >= 11 is 0. The van der Waals surface area contributed by atoms with E-state index in [0.29, 0.717) is 36.5 Å². The number of unbranched alkanes of at least 4 members (excludes halogenated alkanes) is 1. The Hall–Kier alpha value is -4.55. The third-order valence-electron chi connectivity index (χ3n) is 5.41. The fraction of sp³-hybridized carbons (Fsp3) is 0.348. The first kappa shape index (κ1) is 26.1. The summed E-state index contributed by atoms with van der Waals surface area (Å²) in [6.45, 7) is 4.77. The van der Waals surface area contributed by atoms with Crippen molar-refractivity contribution in [3.8, 4) is 28.4 Å². The number of carbonyl (C=O) groups excluding carboxylic acids is 1. The van der Waals surface area contributed by atoms with Crippen molar-refractivity contribution in [1.82, 2.24) is 24.6 Å². The Morgan fingerprint density at radius 2 is 1.92 bits per heavy atom. The monoisotopic (exact) mass is 497 g/mol. The number of nitrogens with zero attached hydrogens (tertiary/aromatic N) is 6. The van der Waals surface area contributed by atoms with E-state index in [2.05, 4.69) is 15.1 Å². The lowest BCUT2D eigenvalue weighted by Gasteiger charge is -2.14. The molecule has 2 heterocycles. The number of nitro groups is 1. The molecule has 13 heteroatoms. The number of benzene rings is 1. The van der Waals surface area contributed by atoms with Gasteiger partial charge < -0.3 is 20.5 Å². The maximum absolute atomic E-state index is 12.0. The van der Waals surface area contributed by atoms with Crippen molar-refractivity contribution in [3.05, 3.63) is 52.0 Å². The van der Waals surface area contributed by atoms with Gasteiger partial charge in [-0.2, -0.15) is 5.10 Å². The van der Waals surface area contributed by atoms with Crippen LogP contribution >= 0.6 is 0 Å². The molecule has 1 aromatic carbocycles. The van der Waals surface area contributed by atoms with Crippen LogP contribution in [0.3, 0.4) is 0 Å². The van der Waals surface area contributed by atoms with E-state index in [1.807, 2.05) is 19.9 Å². The van der Waals surface area contributed by atoms with E-state index in [4.69, 9.17) is 15.6 Å². The summed E-state index contributed by atoms with van der Waals surface area (Å²) in [6.07, 6.45) is 2.75. The summed E-state index contributed by atoms with van der Waals surface area (Å²) in [7, 11) is 1.45. The molecule has 2 aromatic heterocycles. The molecule has 0 radical (unpaired) electrons. The van der Waals surface area contributed by atoms with Crippen LogP contribution in [-0.2, 0) is 6.54 Å². The van der Waals surface area contributed by atoms with Crippen LogP contribution < -0.4 is 10.5 Å². The summed E-state index contributed by atoms with van der Waals surface area (Å²) in [5.74, 6) is -0.502. The zero-order chi connectivity index (χ0) is 26.4. The molecule has 0 aliphatic heterocycles. The fourth-order valence-electron chi connectivity index (χ4n) is 3.56. The normalized spacial score (nSPS) is 10.8. The maximum atomic E-state index is 12.0. The topological polar surface area (TPSA) is 180 Å². The molecular weight excluding hydrogens is 470 g/mol. The Bertz CT molecular complexity index is 1270. The maximum Gasteiger partial charge on any atom is 0.407 e. The van der Waals surface area contributed by atoms with E-state index in [0.717, 1.165) is 10.6 Å². The smallest absolute Gasteiger partial charge is 0.407 e. The van der Waals surface area contributed by atoms with Crippen molar-refractivity contribution in [2.75, 3.05) is 20.2 Å². The lowest BCUT2D eigenvalue weighted by atomic mass is 10.0. The Balaban J connectivity index is 1.92. The number of aryl methyl sites for hydroxylation is 2. The lowest BCUT2D eigenvalue weighted by Crippen LogP contribution is -2.25. The molecule has 0 aliphatic rings. The molecule has 2 amide bonds. The van der Waals surface area contributed by atoms with Gasteiger partial charge in [-0.05, 0) is 38.8 Å². The van der Waals surface area contributed by atoms with Gasteiger partial charge in [0.1, 0.15) is 5.69 Å². The minimum Gasteiger partial charge on any atom is -0.487 e. The first-order chi connectivity index (χ1) is 17.1. The average Bonchev–Trinajstić information content (AvgIpc) is 3.23. The number of carboxylic acid groups (broad SMARTS) is 1. The van der Waals surface area contributed by atoms with Crippen LogP contribution in [0.15, 0.2) is 30.6 Å². The molecule has 3 aromatic rings. The number of ether oxygens (including phenoxy) is 1. The molecule has 3 rings (SSSR count). The predicted molar refractivity (Wildman–Crippen MR) is 130 cm³/mol. The summed E-state index contributed by atoms with van der Waals surface area (Å²) in [6, 6.07) is 4.38. The number of hydrogen-bond donors (Lipinski definition) is 2.